The van der Waals surface area contributed by atoms with Gasteiger partial charge in [-0.25, -0.2) is 0 Å². The minimum absolute atomic E-state index is 0.0410. The average Bonchev–Trinajstić information content (AvgIpc) is 2.48. The van der Waals surface area contributed by atoms with Crippen LogP contribution in [0.3, 0.4) is 0 Å². The summed E-state index contributed by atoms with van der Waals surface area (Å²) in [6.07, 6.45) is 8.66. The van der Waals surface area contributed by atoms with Gasteiger partial charge >= 0.3 is 5.97 Å². The van der Waals surface area contributed by atoms with E-state index in [1.807, 2.05) is 12.7 Å². The molecule has 0 saturated heterocycles. The number of unbranched alkanes of at least 4 members (excludes halogenated alkanes) is 4. The van der Waals surface area contributed by atoms with Crippen LogP contribution in [0.2, 0.25) is 0 Å². The van der Waals surface area contributed by atoms with Gasteiger partial charge in [0.25, 0.3) is 0 Å². The third-order valence-corrected chi connectivity index (χ3v) is 4.39. The van der Waals surface area contributed by atoms with Crippen LogP contribution in [0, 0.1) is 0 Å². The van der Waals surface area contributed by atoms with E-state index >= 15 is 0 Å². The lowest BCUT2D eigenvalue weighted by molar-refractivity contribution is -0.140. The Morgan fingerprint density at radius 3 is 2.74 bits per heavy atom. The molecule has 3 nitrogen and oxygen atoms in total. The molecule has 3 atom stereocenters. The summed E-state index contributed by atoms with van der Waals surface area (Å²) in [5.41, 5.74) is -0.184. The molecular formula is C14H27O3PS. The van der Waals surface area contributed by atoms with E-state index in [9.17, 15) is 4.79 Å². The lowest BCUT2D eigenvalue weighted by Crippen LogP contribution is -2.04. The van der Waals surface area contributed by atoms with E-state index in [2.05, 4.69) is 11.3 Å². The molecule has 0 radical (unpaired) electrons. The highest BCUT2D eigenvalue weighted by molar-refractivity contribution is 7.99. The van der Waals surface area contributed by atoms with Crippen LogP contribution in [0.1, 0.15) is 46.3 Å². The van der Waals surface area contributed by atoms with E-state index in [-0.39, 0.29) is 17.5 Å². The second-order valence-electron chi connectivity index (χ2n) is 4.26. The van der Waals surface area contributed by atoms with E-state index in [1.165, 1.54) is 19.2 Å². The van der Waals surface area contributed by atoms with Crippen LogP contribution >= 0.6 is 20.6 Å². The Hall–Kier alpha value is -0.0500. The first-order valence-corrected chi connectivity index (χ1v) is 9.13. The maximum absolute atomic E-state index is 10.9. The van der Waals surface area contributed by atoms with Gasteiger partial charge in [-0.1, -0.05) is 31.8 Å². The molecule has 0 aromatic carbocycles. The molecule has 0 fully saturated rings. The summed E-state index contributed by atoms with van der Waals surface area (Å²) in [5.74, 6) is -0.122. The molecule has 0 saturated carbocycles. The predicted molar refractivity (Wildman–Crippen MR) is 86.1 cm³/mol. The van der Waals surface area contributed by atoms with E-state index < -0.39 is 0 Å². The van der Waals surface area contributed by atoms with Gasteiger partial charge < -0.3 is 8.92 Å². The molecule has 0 aliphatic heterocycles. The number of rotatable bonds is 13. The van der Waals surface area contributed by atoms with Gasteiger partial charge in [0.1, 0.15) is 0 Å². The Morgan fingerprint density at radius 2 is 2.11 bits per heavy atom. The molecule has 19 heavy (non-hydrogen) atoms. The minimum atomic E-state index is -0.184. The summed E-state index contributed by atoms with van der Waals surface area (Å²) in [7, 11) is 1.99. The number of hydrogen-bond donors (Lipinski definition) is 0. The molecule has 0 spiro atoms. The molecule has 112 valence electrons. The fourth-order valence-corrected chi connectivity index (χ4v) is 2.52. The number of carbonyl (C=O) groups excluding carboxylic acids is 1. The molecule has 0 aliphatic rings. The summed E-state index contributed by atoms with van der Waals surface area (Å²) >= 11 is 1.24. The molecule has 0 amide bonds. The number of methoxy groups -OCH3 is 1. The number of hydrogen-bond acceptors (Lipinski definition) is 4. The number of esters is 1. The van der Waals surface area contributed by atoms with Crippen molar-refractivity contribution in [2.45, 2.75) is 51.0 Å². The predicted octanol–water partition coefficient (Wildman–Crippen LogP) is 4.38. The summed E-state index contributed by atoms with van der Waals surface area (Å²) in [4.78, 5) is 10.9. The van der Waals surface area contributed by atoms with Gasteiger partial charge in [-0.15, -0.1) is 15.2 Å². The van der Waals surface area contributed by atoms with Crippen molar-refractivity contribution < 1.29 is 15.1 Å². The third-order valence-electron chi connectivity index (χ3n) is 2.71. The van der Waals surface area contributed by atoms with Crippen LogP contribution in [0.15, 0.2) is 12.7 Å². The molecule has 0 bridgehead atoms. The topological polar surface area (TPSA) is 35.5 Å². The van der Waals surface area contributed by atoms with Crippen molar-refractivity contribution >= 4 is 26.6 Å². The summed E-state index contributed by atoms with van der Waals surface area (Å²) in [5, 5.41) is 0. The van der Waals surface area contributed by atoms with Crippen LogP contribution in [0.5, 0.6) is 0 Å². The zero-order valence-electron chi connectivity index (χ0n) is 13.0. The molecule has 0 aromatic heterocycles. The minimum Gasteiger partial charge on any atom is -0.469 e. The Labute approximate surface area is 125 Å². The van der Waals surface area contributed by atoms with Crippen molar-refractivity contribution in [3.63, 3.8) is 0 Å². The molecule has 5 heteroatoms. The maximum Gasteiger partial charge on any atom is 0.305 e. The molecule has 2 unspecified atom stereocenters. The smallest absolute Gasteiger partial charge is 0.305 e. The Bertz CT molecular complexity index is 267. The highest BCUT2D eigenvalue weighted by Crippen LogP contribution is 2.20. The van der Waals surface area contributed by atoms with Crippen molar-refractivity contribution in [2.75, 3.05) is 19.2 Å². The molecule has 0 rings (SSSR count). The fourth-order valence-electron chi connectivity index (χ4n) is 1.60. The van der Waals surface area contributed by atoms with Crippen LogP contribution in [0.4, 0.5) is 0 Å². The second-order valence-corrected chi connectivity index (χ2v) is 6.16. The number of ether oxygens (including phenoxy) is 1. The third kappa shape index (κ3) is 12.7. The Balaban J connectivity index is 3.46. The Morgan fingerprint density at radius 1 is 1.42 bits per heavy atom. The first-order valence-electron chi connectivity index (χ1n) is 7.32. The van der Waals surface area contributed by atoms with Crippen LogP contribution in [0.25, 0.3) is 0 Å². The highest BCUT2D eigenvalue weighted by atomic mass is 32.2. The van der Waals surface area contributed by atoms with Gasteiger partial charge in [0.05, 0.1) is 13.2 Å². The van der Waals surface area contributed by atoms with Crippen molar-refractivity contribution in [3.8, 4) is 0 Å². The lowest BCUT2D eigenvalue weighted by Gasteiger charge is -2.11. The van der Waals surface area contributed by atoms with E-state index in [4.69, 9.17) is 5.55 Å². The molecule has 0 aromatic rings. The van der Waals surface area contributed by atoms with Crippen molar-refractivity contribution in [1.82, 2.24) is 0 Å². The van der Waals surface area contributed by atoms with Crippen LogP contribution in [-0.2, 0) is 13.7 Å². The second kappa shape index (κ2) is 14.4. The first kappa shape index (κ1) is 17.0. The van der Waals surface area contributed by atoms with E-state index in [1.54, 1.807) is 0 Å². The zero-order chi connectivity index (χ0) is 15.2. The molecular weight excluding hydrogens is 279 g/mol. The standard InChI is InChI=1S/C14H27O3PS/c1-4-13(17-19-12-18-3)10-8-6-5-7-9-11-14(15)16-2/h4,13,18H,1,5-12H2,2-3H3/t13-/m0/s1/i12T/t12?,13-. The molecule has 0 N–H and O–H groups in total. The lowest BCUT2D eigenvalue weighted by atomic mass is 10.1. The summed E-state index contributed by atoms with van der Waals surface area (Å²) in [6.45, 7) is 5.78. The van der Waals surface area contributed by atoms with Gasteiger partial charge in [0, 0.05) is 13.3 Å². The van der Waals surface area contributed by atoms with Crippen LogP contribution in [-0.4, -0.2) is 31.3 Å². The summed E-state index contributed by atoms with van der Waals surface area (Å²) in [6, 6.07) is 0. The molecule has 0 aliphatic carbocycles. The molecule has 0 heterocycles. The monoisotopic (exact) mass is 308 g/mol. The van der Waals surface area contributed by atoms with Crippen molar-refractivity contribution in [3.05, 3.63) is 12.7 Å². The fraction of sp³-hybridized carbons (Fsp3) is 0.786. The number of carbonyl (C=O) groups is 1. The van der Waals surface area contributed by atoms with Gasteiger partial charge in [-0.3, -0.25) is 4.79 Å². The van der Waals surface area contributed by atoms with Gasteiger partial charge in [0.15, 0.2) is 0 Å². The van der Waals surface area contributed by atoms with E-state index in [0.717, 1.165) is 38.5 Å². The van der Waals surface area contributed by atoms with Gasteiger partial charge in [-0.05, 0) is 31.5 Å². The maximum atomic E-state index is 10.9. The van der Waals surface area contributed by atoms with Gasteiger partial charge in [-0.2, -0.15) is 0 Å². The Kier molecular flexibility index (Phi) is 12.9. The highest BCUT2D eigenvalue weighted by Gasteiger charge is 2.05. The quantitative estimate of drug-likeness (QED) is 0.166. The van der Waals surface area contributed by atoms with Gasteiger partial charge in [0.2, 0.25) is 0 Å². The van der Waals surface area contributed by atoms with Crippen LogP contribution < -0.4 is 0 Å². The first-order chi connectivity index (χ1) is 9.63. The van der Waals surface area contributed by atoms with Crippen molar-refractivity contribution in [2.24, 2.45) is 0 Å². The largest absolute Gasteiger partial charge is 0.469 e. The average molecular weight is 308 g/mol. The summed E-state index contributed by atoms with van der Waals surface area (Å²) < 4.78 is 17.8. The van der Waals surface area contributed by atoms with Crippen molar-refractivity contribution in [1.29, 1.82) is 0 Å². The SMILES string of the molecule is [3H]C(PC)SO[C@@H](C=C)CCCCCCCC(=O)OC. The van der Waals surface area contributed by atoms with E-state index in [0.29, 0.717) is 15.0 Å². The zero-order valence-corrected chi connectivity index (χ0v) is 13.8. The normalized spacial score (nSPS) is 15.2.